The van der Waals surface area contributed by atoms with Crippen molar-refractivity contribution >= 4 is 16.7 Å². The number of carbonyl (C=O) groups excluding carboxylic acids is 1. The normalized spacial score (nSPS) is 11.0. The minimum Gasteiger partial charge on any atom is -0.497 e. The zero-order chi connectivity index (χ0) is 20.1. The second-order valence-electron chi connectivity index (χ2n) is 7.29. The Labute approximate surface area is 165 Å². The van der Waals surface area contributed by atoms with E-state index < -0.39 is 0 Å². The Balaban J connectivity index is 1.80. The van der Waals surface area contributed by atoms with Crippen LogP contribution < -0.4 is 15.6 Å². The number of methoxy groups -OCH3 is 1. The predicted molar refractivity (Wildman–Crippen MR) is 112 cm³/mol. The van der Waals surface area contributed by atoms with Crippen molar-refractivity contribution in [2.24, 2.45) is 5.92 Å². The van der Waals surface area contributed by atoms with Crippen LogP contribution in [-0.2, 0) is 13.0 Å². The van der Waals surface area contributed by atoms with E-state index in [0.29, 0.717) is 35.3 Å². The number of carbonyl (C=O) groups is 1. The van der Waals surface area contributed by atoms with Crippen molar-refractivity contribution in [1.82, 2.24) is 9.88 Å². The van der Waals surface area contributed by atoms with Crippen molar-refractivity contribution in [3.8, 4) is 5.75 Å². The maximum Gasteiger partial charge on any atom is 0.258 e. The van der Waals surface area contributed by atoms with Gasteiger partial charge in [0.1, 0.15) is 5.75 Å². The third-order valence-electron chi connectivity index (χ3n) is 4.66. The summed E-state index contributed by atoms with van der Waals surface area (Å²) in [5.41, 5.74) is 1.60. The molecular weight excluding hydrogens is 352 g/mol. The second kappa shape index (κ2) is 8.74. The molecule has 0 aliphatic rings. The molecule has 0 saturated carbocycles. The summed E-state index contributed by atoms with van der Waals surface area (Å²) in [5.74, 6) is 0.957. The van der Waals surface area contributed by atoms with Gasteiger partial charge in [-0.25, -0.2) is 0 Å². The van der Waals surface area contributed by atoms with Crippen LogP contribution in [0.4, 0.5) is 0 Å². The van der Waals surface area contributed by atoms with E-state index in [1.807, 2.05) is 42.5 Å². The first-order valence-electron chi connectivity index (χ1n) is 9.53. The molecule has 5 nitrogen and oxygen atoms in total. The first kappa shape index (κ1) is 19.7. The van der Waals surface area contributed by atoms with Crippen LogP contribution in [0.25, 0.3) is 10.8 Å². The quantitative estimate of drug-likeness (QED) is 0.683. The summed E-state index contributed by atoms with van der Waals surface area (Å²) in [6.45, 7) is 5.20. The van der Waals surface area contributed by atoms with Gasteiger partial charge in [-0.2, -0.15) is 0 Å². The molecule has 0 aliphatic heterocycles. The molecule has 28 heavy (non-hydrogen) atoms. The molecule has 0 saturated heterocycles. The van der Waals surface area contributed by atoms with Gasteiger partial charge in [-0.05, 0) is 36.1 Å². The molecule has 0 aliphatic carbocycles. The molecule has 0 radical (unpaired) electrons. The van der Waals surface area contributed by atoms with Crippen molar-refractivity contribution in [2.45, 2.75) is 26.8 Å². The third-order valence-corrected chi connectivity index (χ3v) is 4.66. The maximum absolute atomic E-state index is 12.9. The summed E-state index contributed by atoms with van der Waals surface area (Å²) in [5, 5.41) is 4.25. The number of hydrogen-bond donors (Lipinski definition) is 1. The Morgan fingerprint density at radius 1 is 1.07 bits per heavy atom. The number of nitrogens with zero attached hydrogens (tertiary/aromatic N) is 1. The van der Waals surface area contributed by atoms with Crippen LogP contribution in [-0.4, -0.2) is 24.1 Å². The Hall–Kier alpha value is -3.08. The molecule has 3 aromatic rings. The highest BCUT2D eigenvalue weighted by molar-refractivity contribution is 6.06. The lowest BCUT2D eigenvalue weighted by Crippen LogP contribution is -2.29. The van der Waals surface area contributed by atoms with Gasteiger partial charge in [-0.3, -0.25) is 9.59 Å². The highest BCUT2D eigenvalue weighted by atomic mass is 16.5. The van der Waals surface area contributed by atoms with Gasteiger partial charge < -0.3 is 14.6 Å². The molecule has 2 aromatic carbocycles. The maximum atomic E-state index is 12.9. The number of nitrogens with one attached hydrogen (secondary N) is 1. The fourth-order valence-electron chi connectivity index (χ4n) is 3.26. The molecule has 0 spiro atoms. The smallest absolute Gasteiger partial charge is 0.258 e. The number of pyridine rings is 1. The molecule has 0 fully saturated rings. The van der Waals surface area contributed by atoms with Crippen LogP contribution in [0.3, 0.4) is 0 Å². The highest BCUT2D eigenvalue weighted by Crippen LogP contribution is 2.16. The Kier molecular flexibility index (Phi) is 6.14. The zero-order valence-corrected chi connectivity index (χ0v) is 16.6. The topological polar surface area (TPSA) is 60.3 Å². The lowest BCUT2D eigenvalue weighted by atomic mass is 10.1. The van der Waals surface area contributed by atoms with Crippen molar-refractivity contribution < 1.29 is 9.53 Å². The van der Waals surface area contributed by atoms with E-state index in [0.717, 1.165) is 17.7 Å². The molecule has 5 heteroatoms. The summed E-state index contributed by atoms with van der Waals surface area (Å²) in [7, 11) is 1.64. The van der Waals surface area contributed by atoms with Crippen LogP contribution >= 0.6 is 0 Å². The average Bonchev–Trinajstić information content (AvgIpc) is 2.70. The zero-order valence-electron chi connectivity index (χ0n) is 16.6. The summed E-state index contributed by atoms with van der Waals surface area (Å²) >= 11 is 0. The standard InChI is InChI=1S/C23H26N2O3/c1-16(2)14-25-15-21(19-6-4-5-7-20(19)23(25)27)22(26)24-13-12-17-8-10-18(28-3)11-9-17/h4-11,15-16H,12-14H2,1-3H3,(H,24,26). The minimum absolute atomic E-state index is 0.0564. The van der Waals surface area contributed by atoms with Crippen molar-refractivity contribution in [1.29, 1.82) is 0 Å². The summed E-state index contributed by atoms with van der Waals surface area (Å²) < 4.78 is 6.81. The van der Waals surface area contributed by atoms with Crippen molar-refractivity contribution in [3.05, 3.63) is 76.2 Å². The second-order valence-corrected chi connectivity index (χ2v) is 7.29. The van der Waals surface area contributed by atoms with Crippen LogP contribution in [0.1, 0.15) is 29.8 Å². The number of ether oxygens (including phenoxy) is 1. The molecule has 0 bridgehead atoms. The van der Waals surface area contributed by atoms with Crippen molar-refractivity contribution in [3.63, 3.8) is 0 Å². The highest BCUT2D eigenvalue weighted by Gasteiger charge is 2.15. The summed E-state index contributed by atoms with van der Waals surface area (Å²) in [6, 6.07) is 15.1. The lowest BCUT2D eigenvalue weighted by Gasteiger charge is -2.14. The number of rotatable bonds is 7. The van der Waals surface area contributed by atoms with E-state index in [9.17, 15) is 9.59 Å². The molecule has 1 heterocycles. The van der Waals surface area contributed by atoms with Gasteiger partial charge >= 0.3 is 0 Å². The van der Waals surface area contributed by atoms with Gasteiger partial charge in [0.15, 0.2) is 0 Å². The molecule has 1 aromatic heterocycles. The summed E-state index contributed by atoms with van der Waals surface area (Å²) in [4.78, 5) is 25.6. The molecule has 1 N–H and O–H groups in total. The monoisotopic (exact) mass is 378 g/mol. The number of amides is 1. The van der Waals surface area contributed by atoms with Crippen LogP contribution in [0, 0.1) is 5.92 Å². The number of fused-ring (bicyclic) bond motifs is 1. The molecule has 3 rings (SSSR count). The van der Waals surface area contributed by atoms with Gasteiger partial charge in [0, 0.05) is 30.1 Å². The van der Waals surface area contributed by atoms with E-state index in [2.05, 4.69) is 19.2 Å². The molecule has 0 atom stereocenters. The fourth-order valence-corrected chi connectivity index (χ4v) is 3.26. The first-order chi connectivity index (χ1) is 13.5. The SMILES string of the molecule is COc1ccc(CCNC(=O)c2cn(CC(C)C)c(=O)c3ccccc23)cc1. The van der Waals surface area contributed by atoms with Gasteiger partial charge in [0.25, 0.3) is 11.5 Å². The lowest BCUT2D eigenvalue weighted by molar-refractivity contribution is 0.0955. The molecule has 1 amide bonds. The third kappa shape index (κ3) is 4.42. The van der Waals surface area contributed by atoms with Gasteiger partial charge in [-0.15, -0.1) is 0 Å². The van der Waals surface area contributed by atoms with E-state index in [4.69, 9.17) is 4.74 Å². The largest absolute Gasteiger partial charge is 0.497 e. The van der Waals surface area contributed by atoms with E-state index >= 15 is 0 Å². The van der Waals surface area contributed by atoms with Gasteiger partial charge in [0.2, 0.25) is 0 Å². The van der Waals surface area contributed by atoms with Crippen LogP contribution in [0.2, 0.25) is 0 Å². The average molecular weight is 378 g/mol. The van der Waals surface area contributed by atoms with Crippen LogP contribution in [0.5, 0.6) is 5.75 Å². The Morgan fingerprint density at radius 3 is 2.39 bits per heavy atom. The molecule has 146 valence electrons. The predicted octanol–water partition coefficient (Wildman–Crippen LogP) is 3.64. The molecule has 0 unspecified atom stereocenters. The Morgan fingerprint density at radius 2 is 1.75 bits per heavy atom. The van der Waals surface area contributed by atoms with Gasteiger partial charge in [0.05, 0.1) is 12.7 Å². The minimum atomic E-state index is -0.165. The van der Waals surface area contributed by atoms with Crippen LogP contribution in [0.15, 0.2) is 59.5 Å². The van der Waals surface area contributed by atoms with Crippen molar-refractivity contribution in [2.75, 3.05) is 13.7 Å². The number of hydrogen-bond acceptors (Lipinski definition) is 3. The first-order valence-corrected chi connectivity index (χ1v) is 9.53. The van der Waals surface area contributed by atoms with E-state index in [1.54, 1.807) is 23.9 Å². The molecular formula is C23H26N2O3. The fraction of sp³-hybridized carbons (Fsp3) is 0.304. The van der Waals surface area contributed by atoms with E-state index in [1.165, 1.54) is 0 Å². The Bertz CT molecular complexity index is 1020. The number of benzene rings is 2. The van der Waals surface area contributed by atoms with E-state index in [-0.39, 0.29) is 11.5 Å². The summed E-state index contributed by atoms with van der Waals surface area (Å²) in [6.07, 6.45) is 2.41. The number of aromatic nitrogens is 1. The van der Waals surface area contributed by atoms with Gasteiger partial charge in [-0.1, -0.05) is 44.2 Å².